The number of amides is 1. The van der Waals surface area contributed by atoms with Gasteiger partial charge in [0, 0.05) is 29.7 Å². The lowest BCUT2D eigenvalue weighted by atomic mass is 10.1. The number of rotatable bonds is 4. The van der Waals surface area contributed by atoms with Crippen LogP contribution in [0.2, 0.25) is 0 Å². The molecule has 0 bridgehead atoms. The molecule has 4 heteroatoms. The molecule has 4 nitrogen and oxygen atoms in total. The van der Waals surface area contributed by atoms with Crippen molar-refractivity contribution in [2.75, 3.05) is 19.6 Å². The topological polar surface area (TPSA) is 51.3 Å². The number of nitrogens with zero attached hydrogens (tertiary/aromatic N) is 2. The third kappa shape index (κ3) is 3.27. The van der Waals surface area contributed by atoms with Gasteiger partial charge in [0.05, 0.1) is 0 Å². The van der Waals surface area contributed by atoms with Crippen molar-refractivity contribution in [2.45, 2.75) is 45.6 Å². The van der Waals surface area contributed by atoms with E-state index in [2.05, 4.69) is 29.7 Å². The van der Waals surface area contributed by atoms with Gasteiger partial charge in [0.15, 0.2) is 0 Å². The number of benzene rings is 1. The molecule has 3 rings (SSSR count). The summed E-state index contributed by atoms with van der Waals surface area (Å²) < 4.78 is 2.17. The maximum Gasteiger partial charge on any atom is 0.242 e. The smallest absolute Gasteiger partial charge is 0.242 e. The van der Waals surface area contributed by atoms with Crippen molar-refractivity contribution < 1.29 is 4.79 Å². The molecule has 2 N–H and O–H groups in total. The van der Waals surface area contributed by atoms with E-state index in [1.807, 2.05) is 11.0 Å². The molecule has 0 spiro atoms. The molecular weight excluding hydrogens is 286 g/mol. The summed E-state index contributed by atoms with van der Waals surface area (Å²) in [5.74, 6) is 0.245. The molecule has 1 saturated heterocycles. The number of hydrogen-bond acceptors (Lipinski definition) is 2. The molecule has 0 saturated carbocycles. The Morgan fingerprint density at radius 3 is 2.52 bits per heavy atom. The molecule has 0 radical (unpaired) electrons. The molecule has 0 aliphatic carbocycles. The first-order chi connectivity index (χ1) is 11.2. The van der Waals surface area contributed by atoms with Gasteiger partial charge in [-0.3, -0.25) is 4.79 Å². The van der Waals surface area contributed by atoms with Crippen LogP contribution in [0.15, 0.2) is 24.3 Å². The van der Waals surface area contributed by atoms with Gasteiger partial charge in [-0.15, -0.1) is 0 Å². The maximum absolute atomic E-state index is 12.8. The van der Waals surface area contributed by atoms with Crippen LogP contribution >= 0.6 is 0 Å². The number of carbonyl (C=O) groups is 1. The summed E-state index contributed by atoms with van der Waals surface area (Å²) in [7, 11) is 0. The summed E-state index contributed by atoms with van der Waals surface area (Å²) in [5, 5.41) is 1.24. The monoisotopic (exact) mass is 313 g/mol. The molecule has 1 aliphatic rings. The highest BCUT2D eigenvalue weighted by Crippen LogP contribution is 2.26. The number of hydrogen-bond donors (Lipinski definition) is 1. The molecule has 0 atom stereocenters. The Labute approximate surface area is 138 Å². The SMILES string of the molecule is Cc1c(CCN)c2ccccc2n1CC(=O)N1CCCCCC1. The first-order valence-corrected chi connectivity index (χ1v) is 8.77. The molecule has 23 heavy (non-hydrogen) atoms. The molecule has 2 heterocycles. The molecule has 2 aromatic rings. The predicted octanol–water partition coefficient (Wildman–Crippen LogP) is 2.85. The lowest BCUT2D eigenvalue weighted by Crippen LogP contribution is -2.34. The highest BCUT2D eigenvalue weighted by molar-refractivity contribution is 5.87. The van der Waals surface area contributed by atoms with E-state index < -0.39 is 0 Å². The number of para-hydroxylation sites is 1. The zero-order chi connectivity index (χ0) is 16.2. The van der Waals surface area contributed by atoms with Gasteiger partial charge in [-0.05, 0) is 44.4 Å². The number of carbonyl (C=O) groups excluding carboxylic acids is 1. The first kappa shape index (κ1) is 16.1. The van der Waals surface area contributed by atoms with E-state index in [0.29, 0.717) is 13.1 Å². The Bertz CT molecular complexity index is 681. The van der Waals surface area contributed by atoms with E-state index in [4.69, 9.17) is 5.73 Å². The molecule has 0 unspecified atom stereocenters. The van der Waals surface area contributed by atoms with E-state index in [9.17, 15) is 4.79 Å². The van der Waals surface area contributed by atoms with Crippen molar-refractivity contribution in [3.8, 4) is 0 Å². The highest BCUT2D eigenvalue weighted by Gasteiger charge is 2.19. The van der Waals surface area contributed by atoms with Crippen molar-refractivity contribution >= 4 is 16.8 Å². The number of aromatic nitrogens is 1. The minimum atomic E-state index is 0.245. The van der Waals surface area contributed by atoms with E-state index in [1.54, 1.807) is 0 Å². The fourth-order valence-corrected chi connectivity index (χ4v) is 3.72. The Hall–Kier alpha value is -1.81. The van der Waals surface area contributed by atoms with Crippen molar-refractivity contribution in [2.24, 2.45) is 5.73 Å². The second-order valence-corrected chi connectivity index (χ2v) is 6.50. The number of nitrogens with two attached hydrogens (primary N) is 1. The van der Waals surface area contributed by atoms with Crippen LogP contribution < -0.4 is 5.73 Å². The largest absolute Gasteiger partial charge is 0.341 e. The normalized spacial score (nSPS) is 15.8. The minimum Gasteiger partial charge on any atom is -0.341 e. The summed E-state index contributed by atoms with van der Waals surface area (Å²) in [6, 6.07) is 8.35. The van der Waals surface area contributed by atoms with Crippen LogP contribution in [0.5, 0.6) is 0 Å². The van der Waals surface area contributed by atoms with Gasteiger partial charge in [0.25, 0.3) is 0 Å². The summed E-state index contributed by atoms with van der Waals surface area (Å²) >= 11 is 0. The Morgan fingerprint density at radius 1 is 1.13 bits per heavy atom. The average Bonchev–Trinajstić information content (AvgIpc) is 2.77. The fourth-order valence-electron chi connectivity index (χ4n) is 3.72. The van der Waals surface area contributed by atoms with Crippen LogP contribution in [-0.2, 0) is 17.8 Å². The second-order valence-electron chi connectivity index (χ2n) is 6.50. The second kappa shape index (κ2) is 7.18. The standard InChI is InChI=1S/C19H27N3O/c1-15-16(10-11-20)17-8-4-5-9-18(17)22(15)14-19(23)21-12-6-2-3-7-13-21/h4-5,8-9H,2-3,6-7,10-14,20H2,1H3. The van der Waals surface area contributed by atoms with Gasteiger partial charge in [0.2, 0.25) is 5.91 Å². The van der Waals surface area contributed by atoms with Gasteiger partial charge in [0.1, 0.15) is 6.54 Å². The molecule has 1 amide bonds. The average molecular weight is 313 g/mol. The Balaban J connectivity index is 1.90. The summed E-state index contributed by atoms with van der Waals surface area (Å²) in [4.78, 5) is 14.8. The third-order valence-electron chi connectivity index (χ3n) is 5.01. The fraction of sp³-hybridized carbons (Fsp3) is 0.526. The molecule has 1 aliphatic heterocycles. The molecule has 1 aromatic carbocycles. The Kier molecular flexibility index (Phi) is 5.01. The van der Waals surface area contributed by atoms with Crippen molar-refractivity contribution in [3.63, 3.8) is 0 Å². The van der Waals surface area contributed by atoms with Crippen LogP contribution in [0.1, 0.15) is 36.9 Å². The van der Waals surface area contributed by atoms with Gasteiger partial charge in [-0.25, -0.2) is 0 Å². The minimum absolute atomic E-state index is 0.245. The van der Waals surface area contributed by atoms with Crippen LogP contribution in [0, 0.1) is 6.92 Å². The molecule has 124 valence electrons. The maximum atomic E-state index is 12.8. The van der Waals surface area contributed by atoms with Crippen LogP contribution in [0.25, 0.3) is 10.9 Å². The Morgan fingerprint density at radius 2 is 1.83 bits per heavy atom. The summed E-state index contributed by atoms with van der Waals surface area (Å²) in [6.07, 6.45) is 5.62. The number of likely N-dealkylation sites (tertiary alicyclic amines) is 1. The number of fused-ring (bicyclic) bond motifs is 1. The van der Waals surface area contributed by atoms with Crippen molar-refractivity contribution in [1.29, 1.82) is 0 Å². The van der Waals surface area contributed by atoms with E-state index in [0.717, 1.165) is 37.9 Å². The molecular formula is C19H27N3O. The zero-order valence-electron chi connectivity index (χ0n) is 14.1. The highest BCUT2D eigenvalue weighted by atomic mass is 16.2. The molecule has 1 fully saturated rings. The predicted molar refractivity (Wildman–Crippen MR) is 94.5 cm³/mol. The zero-order valence-corrected chi connectivity index (χ0v) is 14.1. The van der Waals surface area contributed by atoms with Crippen LogP contribution in [0.4, 0.5) is 0 Å². The van der Waals surface area contributed by atoms with E-state index in [1.165, 1.54) is 29.5 Å². The van der Waals surface area contributed by atoms with Gasteiger partial charge >= 0.3 is 0 Å². The van der Waals surface area contributed by atoms with E-state index >= 15 is 0 Å². The van der Waals surface area contributed by atoms with Gasteiger partial charge in [-0.2, -0.15) is 0 Å². The molecule has 1 aromatic heterocycles. The first-order valence-electron chi connectivity index (χ1n) is 8.77. The van der Waals surface area contributed by atoms with Crippen LogP contribution in [0.3, 0.4) is 0 Å². The third-order valence-corrected chi connectivity index (χ3v) is 5.01. The van der Waals surface area contributed by atoms with Crippen LogP contribution in [-0.4, -0.2) is 35.0 Å². The van der Waals surface area contributed by atoms with Crippen molar-refractivity contribution in [3.05, 3.63) is 35.5 Å². The quantitative estimate of drug-likeness (QED) is 0.943. The summed E-state index contributed by atoms with van der Waals surface area (Å²) in [5.41, 5.74) is 9.39. The van der Waals surface area contributed by atoms with Gasteiger partial charge in [-0.1, -0.05) is 31.0 Å². The van der Waals surface area contributed by atoms with E-state index in [-0.39, 0.29) is 5.91 Å². The lowest BCUT2D eigenvalue weighted by Gasteiger charge is -2.21. The van der Waals surface area contributed by atoms with Gasteiger partial charge < -0.3 is 15.2 Å². The lowest BCUT2D eigenvalue weighted by molar-refractivity contribution is -0.131. The summed E-state index contributed by atoms with van der Waals surface area (Å²) in [6.45, 7) is 5.01. The van der Waals surface area contributed by atoms with Crippen molar-refractivity contribution in [1.82, 2.24) is 9.47 Å².